The summed E-state index contributed by atoms with van der Waals surface area (Å²) < 4.78 is 0. The van der Waals surface area contributed by atoms with E-state index in [1.54, 1.807) is 0 Å². The van der Waals surface area contributed by atoms with Crippen LogP contribution >= 0.6 is 0 Å². The fourth-order valence-electron chi connectivity index (χ4n) is 0.612. The van der Waals surface area contributed by atoms with Crippen LogP contribution in [0.1, 0.15) is 27.2 Å². The molecule has 46 valence electrons. The Hall–Kier alpha value is 0.130. The van der Waals surface area contributed by atoms with Crippen molar-refractivity contribution in [1.29, 1.82) is 0 Å². The van der Waals surface area contributed by atoms with Crippen molar-refractivity contribution in [3.05, 3.63) is 0 Å². The molecule has 0 nitrogen and oxygen atoms in total. The third-order valence-corrected chi connectivity index (χ3v) is 2.09. The van der Waals surface area contributed by atoms with E-state index in [9.17, 15) is 0 Å². The Balaban J connectivity index is 3.62. The molecule has 0 aromatic rings. The summed E-state index contributed by atoms with van der Waals surface area (Å²) in [5.74, 6) is 0.850. The highest BCUT2D eigenvalue weighted by atomic mass is 14.1. The largest absolute Gasteiger partial charge is 0.0992 e. The second kappa shape index (κ2) is 2.61. The summed E-state index contributed by atoms with van der Waals surface area (Å²) in [5.41, 5.74) is 0. The molecule has 0 heterocycles. The van der Waals surface area contributed by atoms with Gasteiger partial charge in [0.1, 0.15) is 0 Å². The minimum Gasteiger partial charge on any atom is -0.0847 e. The van der Waals surface area contributed by atoms with Crippen LogP contribution in [-0.2, 0) is 0 Å². The average Bonchev–Trinajstić information content (AvgIpc) is 1.62. The van der Waals surface area contributed by atoms with E-state index in [0.717, 1.165) is 5.92 Å². The average molecular weight is 110 g/mol. The SMILES string of the molecule is BC(B)(C)C(C)CC. The van der Waals surface area contributed by atoms with Crippen LogP contribution in [0.15, 0.2) is 0 Å². The number of hydrogen-bond donors (Lipinski definition) is 0. The third-order valence-electron chi connectivity index (χ3n) is 2.09. The van der Waals surface area contributed by atoms with Crippen molar-refractivity contribution in [3.63, 3.8) is 0 Å². The molecule has 0 aromatic heterocycles. The van der Waals surface area contributed by atoms with Gasteiger partial charge in [-0.2, -0.15) is 0 Å². The minimum atomic E-state index is 0.509. The van der Waals surface area contributed by atoms with Gasteiger partial charge in [0.25, 0.3) is 0 Å². The molecule has 0 bridgehead atoms. The van der Waals surface area contributed by atoms with Crippen molar-refractivity contribution < 1.29 is 0 Å². The highest BCUT2D eigenvalue weighted by molar-refractivity contribution is 6.39. The Bertz CT molecular complexity index is 63.4. The van der Waals surface area contributed by atoms with Crippen LogP contribution in [-0.4, -0.2) is 15.7 Å². The summed E-state index contributed by atoms with van der Waals surface area (Å²) in [6.07, 6.45) is 1.30. The fraction of sp³-hybridized carbons (Fsp3) is 1.00. The first-order valence-electron chi connectivity index (χ1n) is 3.48. The minimum absolute atomic E-state index is 0.509. The van der Waals surface area contributed by atoms with Gasteiger partial charge in [-0.05, 0) is 0 Å². The van der Waals surface area contributed by atoms with Gasteiger partial charge >= 0.3 is 0 Å². The van der Waals surface area contributed by atoms with Gasteiger partial charge in [0.15, 0.2) is 0 Å². The Labute approximate surface area is 54.9 Å². The normalized spacial score (nSPS) is 15.9. The van der Waals surface area contributed by atoms with Gasteiger partial charge < -0.3 is 0 Å². The van der Waals surface area contributed by atoms with Gasteiger partial charge in [0, 0.05) is 0 Å². The van der Waals surface area contributed by atoms with Crippen molar-refractivity contribution in [2.75, 3.05) is 0 Å². The van der Waals surface area contributed by atoms with Crippen LogP contribution in [0, 0.1) is 5.92 Å². The predicted molar refractivity (Wildman–Crippen MR) is 44.9 cm³/mol. The highest BCUT2D eigenvalue weighted by Gasteiger charge is 2.17. The topological polar surface area (TPSA) is 0 Å². The van der Waals surface area contributed by atoms with E-state index in [1.807, 2.05) is 0 Å². The Morgan fingerprint density at radius 1 is 1.50 bits per heavy atom. The second-order valence-electron chi connectivity index (χ2n) is 3.68. The van der Waals surface area contributed by atoms with Gasteiger partial charge in [-0.1, -0.05) is 38.3 Å². The van der Waals surface area contributed by atoms with Crippen LogP contribution in [0.2, 0.25) is 5.21 Å². The van der Waals surface area contributed by atoms with E-state index in [0.29, 0.717) is 5.21 Å². The summed E-state index contributed by atoms with van der Waals surface area (Å²) in [5, 5.41) is 0.509. The first-order chi connectivity index (χ1) is 3.48. The smallest absolute Gasteiger partial charge is 0.0847 e. The first kappa shape index (κ1) is 8.13. The molecule has 0 aliphatic rings. The lowest BCUT2D eigenvalue weighted by Gasteiger charge is -2.25. The molecule has 0 spiro atoms. The lowest BCUT2D eigenvalue weighted by molar-refractivity contribution is 0.504. The molecule has 1 atom stereocenters. The van der Waals surface area contributed by atoms with Crippen molar-refractivity contribution in [3.8, 4) is 0 Å². The van der Waals surface area contributed by atoms with E-state index >= 15 is 0 Å². The van der Waals surface area contributed by atoms with Crippen molar-refractivity contribution in [1.82, 2.24) is 0 Å². The van der Waals surface area contributed by atoms with Crippen LogP contribution in [0.3, 0.4) is 0 Å². The first-order valence-corrected chi connectivity index (χ1v) is 3.48. The lowest BCUT2D eigenvalue weighted by atomic mass is 9.49. The van der Waals surface area contributed by atoms with Crippen LogP contribution in [0.4, 0.5) is 0 Å². The molecule has 0 amide bonds. The molecule has 8 heavy (non-hydrogen) atoms. The summed E-state index contributed by atoms with van der Waals surface area (Å²) >= 11 is 0. The van der Waals surface area contributed by atoms with E-state index in [4.69, 9.17) is 0 Å². The molecular formula is C6H16B2. The monoisotopic (exact) mass is 110 g/mol. The molecule has 1 unspecified atom stereocenters. The molecule has 0 aromatic carbocycles. The zero-order chi connectivity index (χ0) is 6.78. The highest BCUT2D eigenvalue weighted by Crippen LogP contribution is 2.28. The van der Waals surface area contributed by atoms with Crippen molar-refractivity contribution in [2.24, 2.45) is 5.92 Å². The fourth-order valence-corrected chi connectivity index (χ4v) is 0.612. The van der Waals surface area contributed by atoms with Crippen LogP contribution < -0.4 is 0 Å². The lowest BCUT2D eigenvalue weighted by Crippen LogP contribution is -2.17. The van der Waals surface area contributed by atoms with E-state index in [2.05, 4.69) is 36.5 Å². The number of hydrogen-bond acceptors (Lipinski definition) is 0. The standard InChI is InChI=1S/C6H16B2/c1-4-5(2)6(3,7)8/h5H,4,7-8H2,1-3H3. The Kier molecular flexibility index (Phi) is 2.65. The summed E-state index contributed by atoms with van der Waals surface area (Å²) in [4.78, 5) is 0. The summed E-state index contributed by atoms with van der Waals surface area (Å²) in [6.45, 7) is 6.84. The molecular weight excluding hydrogens is 93.7 g/mol. The molecule has 0 fully saturated rings. The molecule has 0 aliphatic carbocycles. The molecule has 0 rings (SSSR count). The second-order valence-corrected chi connectivity index (χ2v) is 3.68. The predicted octanol–water partition coefficient (Wildman–Crippen LogP) is 0.435. The van der Waals surface area contributed by atoms with E-state index in [-0.39, 0.29) is 0 Å². The Morgan fingerprint density at radius 3 is 1.88 bits per heavy atom. The zero-order valence-corrected chi connectivity index (χ0v) is 6.78. The van der Waals surface area contributed by atoms with Crippen molar-refractivity contribution >= 4 is 15.7 Å². The van der Waals surface area contributed by atoms with Gasteiger partial charge in [-0.3, -0.25) is 0 Å². The maximum atomic E-state index is 2.31. The molecule has 0 N–H and O–H groups in total. The van der Waals surface area contributed by atoms with Gasteiger partial charge in [-0.15, -0.1) is 0 Å². The van der Waals surface area contributed by atoms with Crippen molar-refractivity contribution in [2.45, 2.75) is 32.4 Å². The van der Waals surface area contributed by atoms with Crippen LogP contribution in [0.25, 0.3) is 0 Å². The molecule has 0 saturated heterocycles. The van der Waals surface area contributed by atoms with E-state index < -0.39 is 0 Å². The molecule has 0 aliphatic heterocycles. The number of rotatable bonds is 2. The summed E-state index contributed by atoms with van der Waals surface area (Å²) in [6, 6.07) is 0. The molecule has 2 heteroatoms. The maximum absolute atomic E-state index is 2.31. The quantitative estimate of drug-likeness (QED) is 0.452. The van der Waals surface area contributed by atoms with Crippen LogP contribution in [0.5, 0.6) is 0 Å². The zero-order valence-electron chi connectivity index (χ0n) is 6.78. The maximum Gasteiger partial charge on any atom is 0.0992 e. The molecule has 0 saturated carbocycles. The Morgan fingerprint density at radius 2 is 1.88 bits per heavy atom. The van der Waals surface area contributed by atoms with E-state index in [1.165, 1.54) is 6.42 Å². The summed E-state index contributed by atoms with van der Waals surface area (Å²) in [7, 11) is 4.59. The third kappa shape index (κ3) is 2.44. The molecule has 0 radical (unpaired) electrons. The van der Waals surface area contributed by atoms with Gasteiger partial charge in [-0.25, -0.2) is 0 Å². The van der Waals surface area contributed by atoms with Gasteiger partial charge in [0.05, 0.1) is 15.7 Å². The van der Waals surface area contributed by atoms with Gasteiger partial charge in [0.2, 0.25) is 0 Å².